The third-order valence-corrected chi connectivity index (χ3v) is 5.66. The number of hydrogen-bond donors (Lipinski definition) is 0. The number of fused-ring (bicyclic) bond motifs is 1. The minimum atomic E-state index is -0.0884. The van der Waals surface area contributed by atoms with E-state index in [9.17, 15) is 4.79 Å². The molecule has 2 saturated carbocycles. The molecular weight excluding hydrogens is 332 g/mol. The Morgan fingerprint density at radius 2 is 2.15 bits per heavy atom. The predicted molar refractivity (Wildman–Crippen MR) is 92.5 cm³/mol. The Hall–Kier alpha value is -2.15. The van der Waals surface area contributed by atoms with Crippen molar-refractivity contribution in [1.82, 2.24) is 19.6 Å². The highest BCUT2D eigenvalue weighted by Gasteiger charge is 2.34. The molecule has 2 fully saturated rings. The van der Waals surface area contributed by atoms with E-state index in [2.05, 4.69) is 14.7 Å². The molecule has 7 nitrogen and oxygen atoms in total. The number of imidazole rings is 1. The minimum Gasteiger partial charge on any atom is -0.375 e. The van der Waals surface area contributed by atoms with E-state index >= 15 is 0 Å². The molecule has 0 aromatic carbocycles. The van der Waals surface area contributed by atoms with E-state index in [1.165, 1.54) is 12.8 Å². The minimum absolute atomic E-state index is 0.0751. The molecule has 1 atom stereocenters. The van der Waals surface area contributed by atoms with Crippen LogP contribution in [0.5, 0.6) is 0 Å². The summed E-state index contributed by atoms with van der Waals surface area (Å²) in [6.07, 6.45) is 6.73. The van der Waals surface area contributed by atoms with Crippen molar-refractivity contribution in [3.05, 3.63) is 35.2 Å². The normalized spacial score (nSPS) is 22.5. The fourth-order valence-corrected chi connectivity index (χ4v) is 3.66. The molecule has 0 N–H and O–H groups in total. The topological polar surface area (TPSA) is 73.4 Å². The van der Waals surface area contributed by atoms with Gasteiger partial charge in [0.25, 0.3) is 5.91 Å². The molecule has 7 heteroatoms. The molecule has 1 aliphatic heterocycles. The number of rotatable bonds is 6. The molecule has 2 aromatic heterocycles. The van der Waals surface area contributed by atoms with Crippen molar-refractivity contribution in [3.8, 4) is 0 Å². The van der Waals surface area contributed by atoms with Crippen LogP contribution in [0.4, 0.5) is 0 Å². The fraction of sp³-hybridized carbons (Fsp3) is 0.632. The van der Waals surface area contributed by atoms with Crippen LogP contribution in [0.3, 0.4) is 0 Å². The van der Waals surface area contributed by atoms with Gasteiger partial charge >= 0.3 is 0 Å². The van der Waals surface area contributed by atoms with Gasteiger partial charge in [-0.25, -0.2) is 4.98 Å². The molecule has 0 unspecified atom stereocenters. The number of ether oxygens (including phenoxy) is 1. The van der Waals surface area contributed by atoms with Crippen LogP contribution >= 0.6 is 0 Å². The quantitative estimate of drug-likeness (QED) is 0.796. The SMILES string of the molecule is C[C@H]1c2ncc(COCC3CC3)n2CCN1C(=O)c1cc(C2CC2)on1. The van der Waals surface area contributed by atoms with Crippen LogP contribution < -0.4 is 0 Å². The molecule has 5 rings (SSSR count). The number of aromatic nitrogens is 3. The van der Waals surface area contributed by atoms with Crippen molar-refractivity contribution in [2.75, 3.05) is 13.2 Å². The second-order valence-corrected chi connectivity index (χ2v) is 7.78. The largest absolute Gasteiger partial charge is 0.375 e. The Morgan fingerprint density at radius 3 is 2.92 bits per heavy atom. The monoisotopic (exact) mass is 356 g/mol. The fourth-order valence-electron chi connectivity index (χ4n) is 3.66. The summed E-state index contributed by atoms with van der Waals surface area (Å²) in [5.41, 5.74) is 1.50. The van der Waals surface area contributed by atoms with Gasteiger partial charge < -0.3 is 18.7 Å². The zero-order valence-corrected chi connectivity index (χ0v) is 15.1. The van der Waals surface area contributed by atoms with Gasteiger partial charge in [0, 0.05) is 31.7 Å². The van der Waals surface area contributed by atoms with Gasteiger partial charge in [-0.2, -0.15) is 0 Å². The highest BCUT2D eigenvalue weighted by Crippen LogP contribution is 2.40. The molecule has 0 saturated heterocycles. The van der Waals surface area contributed by atoms with Gasteiger partial charge in [-0.15, -0.1) is 0 Å². The molecule has 26 heavy (non-hydrogen) atoms. The van der Waals surface area contributed by atoms with Gasteiger partial charge in [0.1, 0.15) is 11.6 Å². The van der Waals surface area contributed by atoms with Crippen LogP contribution in [-0.2, 0) is 17.9 Å². The molecule has 3 heterocycles. The van der Waals surface area contributed by atoms with Crippen LogP contribution in [0.1, 0.15) is 72.3 Å². The first-order valence-corrected chi connectivity index (χ1v) is 9.60. The Labute approximate surface area is 152 Å². The van der Waals surface area contributed by atoms with E-state index in [1.807, 2.05) is 24.1 Å². The third kappa shape index (κ3) is 2.94. The summed E-state index contributed by atoms with van der Waals surface area (Å²) in [6.45, 7) is 4.84. The Balaban J connectivity index is 1.28. The van der Waals surface area contributed by atoms with E-state index in [0.29, 0.717) is 24.8 Å². The second-order valence-electron chi connectivity index (χ2n) is 7.78. The number of amides is 1. The molecule has 0 radical (unpaired) electrons. The van der Waals surface area contributed by atoms with Gasteiger partial charge in [-0.05, 0) is 38.5 Å². The maximum atomic E-state index is 12.9. The maximum Gasteiger partial charge on any atom is 0.276 e. The lowest BCUT2D eigenvalue weighted by molar-refractivity contribution is 0.0616. The first-order valence-electron chi connectivity index (χ1n) is 9.60. The predicted octanol–water partition coefficient (Wildman–Crippen LogP) is 2.89. The highest BCUT2D eigenvalue weighted by molar-refractivity contribution is 5.92. The van der Waals surface area contributed by atoms with Crippen LogP contribution in [0.25, 0.3) is 0 Å². The maximum absolute atomic E-state index is 12.9. The number of nitrogens with zero attached hydrogens (tertiary/aromatic N) is 4. The number of hydrogen-bond acceptors (Lipinski definition) is 5. The molecule has 3 aliphatic rings. The van der Waals surface area contributed by atoms with E-state index in [-0.39, 0.29) is 11.9 Å². The van der Waals surface area contributed by atoms with Gasteiger partial charge in [-0.1, -0.05) is 5.16 Å². The van der Waals surface area contributed by atoms with Crippen molar-refractivity contribution >= 4 is 5.91 Å². The summed E-state index contributed by atoms with van der Waals surface area (Å²) in [6, 6.07) is 1.72. The van der Waals surface area contributed by atoms with Gasteiger partial charge in [0.15, 0.2) is 5.69 Å². The first kappa shape index (κ1) is 16.1. The van der Waals surface area contributed by atoms with Crippen molar-refractivity contribution in [2.24, 2.45) is 5.92 Å². The van der Waals surface area contributed by atoms with Gasteiger partial charge in [-0.3, -0.25) is 4.79 Å². The van der Waals surface area contributed by atoms with Crippen molar-refractivity contribution < 1.29 is 14.1 Å². The zero-order valence-electron chi connectivity index (χ0n) is 15.1. The molecule has 2 aromatic rings. The summed E-state index contributed by atoms with van der Waals surface area (Å²) in [7, 11) is 0. The van der Waals surface area contributed by atoms with Gasteiger partial charge in [0.2, 0.25) is 0 Å². The summed E-state index contributed by atoms with van der Waals surface area (Å²) in [5.74, 6) is 2.90. The molecule has 0 spiro atoms. The average molecular weight is 356 g/mol. The van der Waals surface area contributed by atoms with E-state index in [0.717, 1.165) is 49.2 Å². The highest BCUT2D eigenvalue weighted by atomic mass is 16.5. The number of carbonyl (C=O) groups excluding carboxylic acids is 1. The van der Waals surface area contributed by atoms with E-state index in [4.69, 9.17) is 9.26 Å². The van der Waals surface area contributed by atoms with Crippen molar-refractivity contribution in [2.45, 2.75) is 57.7 Å². The van der Waals surface area contributed by atoms with Crippen LogP contribution in [-0.4, -0.2) is 38.7 Å². The first-order chi connectivity index (χ1) is 12.7. The molecule has 1 amide bonds. The third-order valence-electron chi connectivity index (χ3n) is 5.66. The lowest BCUT2D eigenvalue weighted by atomic mass is 10.1. The zero-order chi connectivity index (χ0) is 17.7. The van der Waals surface area contributed by atoms with Crippen molar-refractivity contribution in [3.63, 3.8) is 0 Å². The van der Waals surface area contributed by atoms with Crippen molar-refractivity contribution in [1.29, 1.82) is 0 Å². The summed E-state index contributed by atoms with van der Waals surface area (Å²) in [5, 5.41) is 4.00. The molecule has 138 valence electrons. The summed E-state index contributed by atoms with van der Waals surface area (Å²) >= 11 is 0. The number of carbonyl (C=O) groups is 1. The second kappa shape index (κ2) is 6.23. The van der Waals surface area contributed by atoms with E-state index in [1.54, 1.807) is 0 Å². The van der Waals surface area contributed by atoms with Crippen LogP contribution in [0.15, 0.2) is 16.8 Å². The molecular formula is C19H24N4O3. The lowest BCUT2D eigenvalue weighted by Crippen LogP contribution is -2.41. The standard InChI is InChI=1S/C19H24N4O3/c1-12-18-20-9-15(11-25-10-13-2-3-13)23(18)7-6-22(12)19(24)16-8-17(26-21-16)14-4-5-14/h8-9,12-14H,2-7,10-11H2,1H3/t12-/m0/s1. The van der Waals surface area contributed by atoms with E-state index < -0.39 is 0 Å². The average Bonchev–Trinajstić information content (AvgIpc) is 3.57. The molecule has 0 bridgehead atoms. The van der Waals surface area contributed by atoms with Crippen LogP contribution in [0.2, 0.25) is 0 Å². The van der Waals surface area contributed by atoms with Gasteiger partial charge in [0.05, 0.1) is 24.5 Å². The molecule has 2 aliphatic carbocycles. The Morgan fingerprint density at radius 1 is 1.31 bits per heavy atom. The summed E-state index contributed by atoms with van der Waals surface area (Å²) in [4.78, 5) is 19.3. The Kier molecular flexibility index (Phi) is 3.85. The lowest BCUT2D eigenvalue weighted by Gasteiger charge is -2.33. The summed E-state index contributed by atoms with van der Waals surface area (Å²) < 4.78 is 13.4. The van der Waals surface area contributed by atoms with Crippen LogP contribution in [0, 0.1) is 5.92 Å². The smallest absolute Gasteiger partial charge is 0.276 e. The Bertz CT molecular complexity index is 819.